The second-order valence-corrected chi connectivity index (χ2v) is 4.24. The van der Waals surface area contributed by atoms with Gasteiger partial charge in [0.1, 0.15) is 5.82 Å². The Bertz CT molecular complexity index is 391. The maximum Gasteiger partial charge on any atom is 0.148 e. The molecule has 0 aliphatic rings. The molecular formula is C10H13N3S. The van der Waals surface area contributed by atoms with Crippen molar-refractivity contribution in [3.8, 4) is 0 Å². The molecule has 0 saturated carbocycles. The third-order valence-corrected chi connectivity index (χ3v) is 3.10. The quantitative estimate of drug-likeness (QED) is 0.838. The highest BCUT2D eigenvalue weighted by Gasteiger charge is 2.06. The van der Waals surface area contributed by atoms with Crippen molar-refractivity contribution in [1.82, 2.24) is 9.78 Å². The van der Waals surface area contributed by atoms with E-state index in [9.17, 15) is 0 Å². The summed E-state index contributed by atoms with van der Waals surface area (Å²) < 4.78 is 1.80. The van der Waals surface area contributed by atoms with E-state index in [0.29, 0.717) is 6.04 Å². The first kappa shape index (κ1) is 9.27. The highest BCUT2D eigenvalue weighted by molar-refractivity contribution is 7.10. The number of thiophene rings is 1. The van der Waals surface area contributed by atoms with Gasteiger partial charge in [0, 0.05) is 24.2 Å². The van der Waals surface area contributed by atoms with Crippen LogP contribution in [0.4, 0.5) is 5.82 Å². The zero-order valence-electron chi connectivity index (χ0n) is 8.27. The molecule has 1 atom stereocenters. The molecule has 2 rings (SSSR count). The fourth-order valence-corrected chi connectivity index (χ4v) is 2.06. The largest absolute Gasteiger partial charge is 0.361 e. The molecule has 1 N–H and O–H groups in total. The van der Waals surface area contributed by atoms with Crippen LogP contribution in [0.3, 0.4) is 0 Å². The number of aryl methyl sites for hydroxylation is 1. The van der Waals surface area contributed by atoms with E-state index in [4.69, 9.17) is 0 Å². The van der Waals surface area contributed by atoms with Gasteiger partial charge in [0.25, 0.3) is 0 Å². The normalized spacial score (nSPS) is 12.7. The van der Waals surface area contributed by atoms with Gasteiger partial charge in [0.15, 0.2) is 0 Å². The smallest absolute Gasteiger partial charge is 0.148 e. The predicted octanol–water partition coefficient (Wildman–Crippen LogP) is 2.65. The van der Waals surface area contributed by atoms with E-state index in [1.54, 1.807) is 16.0 Å². The first-order chi connectivity index (χ1) is 6.75. The van der Waals surface area contributed by atoms with Gasteiger partial charge in [-0.3, -0.25) is 4.68 Å². The van der Waals surface area contributed by atoms with Crippen LogP contribution >= 0.6 is 11.3 Å². The standard InChI is InChI=1S/C10H13N3S/c1-8(9-4-3-7-14-9)11-10-5-6-13(2)12-10/h3-8H,1-2H3,(H,11,12). The third-order valence-electron chi connectivity index (χ3n) is 2.05. The summed E-state index contributed by atoms with van der Waals surface area (Å²) >= 11 is 1.76. The maximum absolute atomic E-state index is 4.27. The van der Waals surface area contributed by atoms with E-state index in [2.05, 4.69) is 34.9 Å². The third kappa shape index (κ3) is 1.96. The Kier molecular flexibility index (Phi) is 2.54. The second kappa shape index (κ2) is 3.84. The molecule has 0 aromatic carbocycles. The molecule has 1 unspecified atom stereocenters. The van der Waals surface area contributed by atoms with Crippen molar-refractivity contribution in [3.05, 3.63) is 34.7 Å². The van der Waals surface area contributed by atoms with Crippen LogP contribution < -0.4 is 5.32 Å². The van der Waals surface area contributed by atoms with E-state index in [0.717, 1.165) is 5.82 Å². The average Bonchev–Trinajstić information content (AvgIpc) is 2.75. The molecule has 0 radical (unpaired) electrons. The maximum atomic E-state index is 4.27. The minimum atomic E-state index is 0.324. The van der Waals surface area contributed by atoms with Crippen molar-refractivity contribution < 1.29 is 0 Å². The highest BCUT2D eigenvalue weighted by atomic mass is 32.1. The minimum Gasteiger partial charge on any atom is -0.361 e. The number of nitrogens with zero attached hydrogens (tertiary/aromatic N) is 2. The molecule has 0 fully saturated rings. The number of anilines is 1. The van der Waals surface area contributed by atoms with Gasteiger partial charge >= 0.3 is 0 Å². The lowest BCUT2D eigenvalue weighted by Gasteiger charge is -2.10. The highest BCUT2D eigenvalue weighted by Crippen LogP contribution is 2.21. The molecule has 0 aliphatic carbocycles. The molecule has 74 valence electrons. The minimum absolute atomic E-state index is 0.324. The van der Waals surface area contributed by atoms with Crippen LogP contribution in [0.15, 0.2) is 29.8 Å². The van der Waals surface area contributed by atoms with Crippen LogP contribution in [0.5, 0.6) is 0 Å². The number of hydrogen-bond donors (Lipinski definition) is 1. The zero-order chi connectivity index (χ0) is 9.97. The summed E-state index contributed by atoms with van der Waals surface area (Å²) in [5.74, 6) is 0.924. The Morgan fingerprint density at radius 1 is 1.50 bits per heavy atom. The van der Waals surface area contributed by atoms with Gasteiger partial charge in [-0.25, -0.2) is 0 Å². The first-order valence-corrected chi connectivity index (χ1v) is 5.43. The van der Waals surface area contributed by atoms with Gasteiger partial charge in [-0.05, 0) is 18.4 Å². The van der Waals surface area contributed by atoms with Gasteiger partial charge in [0.2, 0.25) is 0 Å². The molecule has 4 heteroatoms. The molecule has 0 amide bonds. The van der Waals surface area contributed by atoms with Crippen molar-refractivity contribution in [2.75, 3.05) is 5.32 Å². The Morgan fingerprint density at radius 3 is 2.93 bits per heavy atom. The lowest BCUT2D eigenvalue weighted by molar-refractivity contribution is 0.761. The van der Waals surface area contributed by atoms with Crippen LogP contribution in [0.25, 0.3) is 0 Å². The number of rotatable bonds is 3. The Labute approximate surface area is 87.4 Å². The molecule has 0 spiro atoms. The number of hydrogen-bond acceptors (Lipinski definition) is 3. The molecular weight excluding hydrogens is 194 g/mol. The monoisotopic (exact) mass is 207 g/mol. The summed E-state index contributed by atoms with van der Waals surface area (Å²) in [5.41, 5.74) is 0. The first-order valence-electron chi connectivity index (χ1n) is 4.55. The molecule has 2 heterocycles. The summed E-state index contributed by atoms with van der Waals surface area (Å²) in [6.07, 6.45) is 1.93. The van der Waals surface area contributed by atoms with E-state index in [1.165, 1.54) is 4.88 Å². The fourth-order valence-electron chi connectivity index (χ4n) is 1.32. The van der Waals surface area contributed by atoms with Gasteiger partial charge in [-0.1, -0.05) is 6.07 Å². The van der Waals surface area contributed by atoms with Crippen LogP contribution in [0.2, 0.25) is 0 Å². The van der Waals surface area contributed by atoms with E-state index in [-0.39, 0.29) is 0 Å². The SMILES string of the molecule is CC(Nc1ccn(C)n1)c1cccs1. The Morgan fingerprint density at radius 2 is 2.36 bits per heavy atom. The Hall–Kier alpha value is -1.29. The van der Waals surface area contributed by atoms with E-state index >= 15 is 0 Å². The molecule has 14 heavy (non-hydrogen) atoms. The van der Waals surface area contributed by atoms with E-state index < -0.39 is 0 Å². The lowest BCUT2D eigenvalue weighted by Crippen LogP contribution is -2.05. The van der Waals surface area contributed by atoms with Gasteiger partial charge in [-0.2, -0.15) is 5.10 Å². The number of nitrogens with one attached hydrogen (secondary N) is 1. The summed E-state index contributed by atoms with van der Waals surface area (Å²) in [4.78, 5) is 1.33. The van der Waals surface area contributed by atoms with Crippen molar-refractivity contribution in [3.63, 3.8) is 0 Å². The number of aromatic nitrogens is 2. The molecule has 2 aromatic heterocycles. The zero-order valence-corrected chi connectivity index (χ0v) is 9.08. The van der Waals surface area contributed by atoms with Crippen LogP contribution in [-0.4, -0.2) is 9.78 Å². The molecule has 2 aromatic rings. The molecule has 0 saturated heterocycles. The average molecular weight is 207 g/mol. The summed E-state index contributed by atoms with van der Waals surface area (Å²) in [7, 11) is 1.92. The Balaban J connectivity index is 2.05. The summed E-state index contributed by atoms with van der Waals surface area (Å²) in [5, 5.41) is 9.70. The van der Waals surface area contributed by atoms with Crippen molar-refractivity contribution in [2.45, 2.75) is 13.0 Å². The van der Waals surface area contributed by atoms with Crippen LogP contribution in [-0.2, 0) is 7.05 Å². The lowest BCUT2D eigenvalue weighted by atomic mass is 10.3. The molecule has 0 aliphatic heterocycles. The van der Waals surface area contributed by atoms with Crippen molar-refractivity contribution in [2.24, 2.45) is 7.05 Å². The molecule has 0 bridgehead atoms. The van der Waals surface area contributed by atoms with Crippen LogP contribution in [0, 0.1) is 0 Å². The van der Waals surface area contributed by atoms with Gasteiger partial charge < -0.3 is 5.32 Å². The topological polar surface area (TPSA) is 29.9 Å². The van der Waals surface area contributed by atoms with Crippen molar-refractivity contribution in [1.29, 1.82) is 0 Å². The predicted molar refractivity (Wildman–Crippen MR) is 59.6 cm³/mol. The van der Waals surface area contributed by atoms with E-state index in [1.807, 2.05) is 19.3 Å². The second-order valence-electron chi connectivity index (χ2n) is 3.26. The summed E-state index contributed by atoms with van der Waals surface area (Å²) in [6.45, 7) is 2.14. The molecule has 3 nitrogen and oxygen atoms in total. The van der Waals surface area contributed by atoms with Crippen molar-refractivity contribution >= 4 is 17.2 Å². The van der Waals surface area contributed by atoms with Gasteiger partial charge in [-0.15, -0.1) is 11.3 Å². The fraction of sp³-hybridized carbons (Fsp3) is 0.300. The van der Waals surface area contributed by atoms with Gasteiger partial charge in [0.05, 0.1) is 6.04 Å². The summed E-state index contributed by atoms with van der Waals surface area (Å²) in [6, 6.07) is 6.50. The van der Waals surface area contributed by atoms with Crippen LogP contribution in [0.1, 0.15) is 17.8 Å².